The van der Waals surface area contributed by atoms with Crippen LogP contribution in [0.5, 0.6) is 0 Å². The maximum atomic E-state index is 4.52. The first-order valence-corrected chi connectivity index (χ1v) is 9.45. The Bertz CT molecular complexity index is 522. The second kappa shape index (κ2) is 8.65. The molecule has 1 saturated carbocycles. The lowest BCUT2D eigenvalue weighted by Crippen LogP contribution is -2.42. The lowest BCUT2D eigenvalue weighted by molar-refractivity contribution is 0.203. The summed E-state index contributed by atoms with van der Waals surface area (Å²) in [6.45, 7) is 5.34. The molecule has 6 heteroatoms. The fraction of sp³-hybridized carbons (Fsp3) is 0.765. The number of guanidine groups is 1. The van der Waals surface area contributed by atoms with Gasteiger partial charge in [0.05, 0.1) is 10.7 Å². The standard InChI is InChI=1S/C17H28N4S.HI/c1-14-20-15(12-22-14)6-10-19-16(18-2)21-11-9-17(13-21)7-4-3-5-8-17;/h12H,3-11,13H2,1-2H3,(H,18,19);1H. The van der Waals surface area contributed by atoms with Crippen LogP contribution in [0, 0.1) is 12.3 Å². The van der Waals surface area contributed by atoms with Crippen LogP contribution in [0.2, 0.25) is 0 Å². The zero-order chi connectivity index (χ0) is 15.4. The van der Waals surface area contributed by atoms with Gasteiger partial charge in [0.25, 0.3) is 0 Å². The number of hydrogen-bond donors (Lipinski definition) is 1. The van der Waals surface area contributed by atoms with E-state index in [1.54, 1.807) is 11.3 Å². The quantitative estimate of drug-likeness (QED) is 0.434. The van der Waals surface area contributed by atoms with Crippen molar-refractivity contribution in [2.45, 2.75) is 51.9 Å². The topological polar surface area (TPSA) is 40.5 Å². The number of hydrogen-bond acceptors (Lipinski definition) is 3. The van der Waals surface area contributed by atoms with Crippen LogP contribution in [0.1, 0.15) is 49.2 Å². The number of thiazole rings is 1. The van der Waals surface area contributed by atoms with Gasteiger partial charge in [-0.3, -0.25) is 4.99 Å². The first kappa shape index (κ1) is 19.0. The molecule has 0 radical (unpaired) electrons. The zero-order valence-electron chi connectivity index (χ0n) is 14.3. The van der Waals surface area contributed by atoms with Crippen molar-refractivity contribution in [1.29, 1.82) is 0 Å². The number of nitrogens with zero attached hydrogens (tertiary/aromatic N) is 3. The van der Waals surface area contributed by atoms with Crippen LogP contribution < -0.4 is 5.32 Å². The summed E-state index contributed by atoms with van der Waals surface area (Å²) in [7, 11) is 1.90. The van der Waals surface area contributed by atoms with Crippen molar-refractivity contribution in [3.8, 4) is 0 Å². The molecule has 0 bridgehead atoms. The molecule has 0 amide bonds. The smallest absolute Gasteiger partial charge is 0.193 e. The molecule has 130 valence electrons. The Balaban J connectivity index is 0.00000192. The SMILES string of the molecule is CN=C(NCCc1csc(C)n1)N1CCC2(CCCCC2)C1.I. The van der Waals surface area contributed by atoms with E-state index in [1.807, 2.05) is 7.05 Å². The minimum absolute atomic E-state index is 0. The molecule has 3 rings (SSSR count). The number of likely N-dealkylation sites (tertiary alicyclic amines) is 1. The van der Waals surface area contributed by atoms with E-state index in [1.165, 1.54) is 50.8 Å². The maximum Gasteiger partial charge on any atom is 0.193 e. The number of nitrogens with one attached hydrogen (secondary N) is 1. The normalized spacial score (nSPS) is 20.6. The average Bonchev–Trinajstić information content (AvgIpc) is 3.12. The highest BCUT2D eigenvalue weighted by atomic mass is 127. The van der Waals surface area contributed by atoms with Gasteiger partial charge in [-0.15, -0.1) is 35.3 Å². The van der Waals surface area contributed by atoms with Crippen LogP contribution in [0.25, 0.3) is 0 Å². The Morgan fingerprint density at radius 3 is 2.78 bits per heavy atom. The molecule has 1 N–H and O–H groups in total. The molecule has 0 aromatic carbocycles. The molecule has 1 saturated heterocycles. The van der Waals surface area contributed by atoms with Gasteiger partial charge in [0.2, 0.25) is 0 Å². The van der Waals surface area contributed by atoms with Crippen molar-refractivity contribution < 1.29 is 0 Å². The van der Waals surface area contributed by atoms with Gasteiger partial charge in [0.15, 0.2) is 5.96 Å². The number of halogens is 1. The third-order valence-corrected chi connectivity index (χ3v) is 6.02. The fourth-order valence-electron chi connectivity index (χ4n) is 3.98. The molecule has 2 aliphatic rings. The lowest BCUT2D eigenvalue weighted by Gasteiger charge is -2.33. The molecule has 0 atom stereocenters. The molecule has 1 aromatic rings. The Morgan fingerprint density at radius 1 is 1.35 bits per heavy atom. The minimum Gasteiger partial charge on any atom is -0.356 e. The summed E-state index contributed by atoms with van der Waals surface area (Å²) in [5.41, 5.74) is 1.78. The summed E-state index contributed by atoms with van der Waals surface area (Å²) in [5, 5.41) is 6.84. The molecule has 1 aromatic heterocycles. The molecule has 2 fully saturated rings. The third-order valence-electron chi connectivity index (χ3n) is 5.19. The van der Waals surface area contributed by atoms with Crippen molar-refractivity contribution in [3.63, 3.8) is 0 Å². The maximum absolute atomic E-state index is 4.52. The summed E-state index contributed by atoms with van der Waals surface area (Å²) in [6.07, 6.45) is 9.42. The highest BCUT2D eigenvalue weighted by Crippen LogP contribution is 2.43. The molecule has 4 nitrogen and oxygen atoms in total. The van der Waals surface area contributed by atoms with Gasteiger partial charge < -0.3 is 10.2 Å². The fourth-order valence-corrected chi connectivity index (χ4v) is 4.63. The van der Waals surface area contributed by atoms with E-state index in [9.17, 15) is 0 Å². The predicted octanol–water partition coefficient (Wildman–Crippen LogP) is 3.84. The van der Waals surface area contributed by atoms with Crippen molar-refractivity contribution in [2.75, 3.05) is 26.7 Å². The van der Waals surface area contributed by atoms with Crippen LogP contribution >= 0.6 is 35.3 Å². The van der Waals surface area contributed by atoms with Crippen LogP contribution in [-0.2, 0) is 6.42 Å². The Hall–Kier alpha value is -0.370. The molecular formula is C17H29IN4S. The molecule has 1 aliphatic heterocycles. The second-order valence-corrected chi connectivity index (χ2v) is 7.88. The lowest BCUT2D eigenvalue weighted by atomic mass is 9.73. The van der Waals surface area contributed by atoms with Gasteiger partial charge in [0, 0.05) is 38.5 Å². The molecular weight excluding hydrogens is 419 g/mol. The van der Waals surface area contributed by atoms with E-state index < -0.39 is 0 Å². The van der Waals surface area contributed by atoms with Crippen molar-refractivity contribution >= 4 is 41.3 Å². The predicted molar refractivity (Wildman–Crippen MR) is 109 cm³/mol. The van der Waals surface area contributed by atoms with E-state index >= 15 is 0 Å². The van der Waals surface area contributed by atoms with E-state index in [2.05, 4.69) is 32.5 Å². The highest BCUT2D eigenvalue weighted by Gasteiger charge is 2.39. The average molecular weight is 448 g/mol. The Kier molecular flexibility index (Phi) is 7.13. The van der Waals surface area contributed by atoms with Gasteiger partial charge in [-0.05, 0) is 31.6 Å². The van der Waals surface area contributed by atoms with Crippen LogP contribution in [-0.4, -0.2) is 42.5 Å². The summed E-state index contributed by atoms with van der Waals surface area (Å²) < 4.78 is 0. The summed E-state index contributed by atoms with van der Waals surface area (Å²) in [4.78, 5) is 11.5. The summed E-state index contributed by atoms with van der Waals surface area (Å²) in [5.74, 6) is 1.08. The second-order valence-electron chi connectivity index (χ2n) is 6.81. The van der Waals surface area contributed by atoms with Crippen LogP contribution in [0.15, 0.2) is 10.4 Å². The third kappa shape index (κ3) is 4.81. The van der Waals surface area contributed by atoms with Crippen molar-refractivity contribution in [3.05, 3.63) is 16.1 Å². The molecule has 23 heavy (non-hydrogen) atoms. The van der Waals surface area contributed by atoms with E-state index in [4.69, 9.17) is 0 Å². The van der Waals surface area contributed by atoms with Crippen molar-refractivity contribution in [2.24, 2.45) is 10.4 Å². The van der Waals surface area contributed by atoms with Crippen LogP contribution in [0.4, 0.5) is 0 Å². The molecule has 0 unspecified atom stereocenters. The van der Waals surface area contributed by atoms with Gasteiger partial charge in [-0.2, -0.15) is 0 Å². The summed E-state index contributed by atoms with van der Waals surface area (Å²) in [6, 6.07) is 0. The first-order valence-electron chi connectivity index (χ1n) is 8.57. The highest BCUT2D eigenvalue weighted by molar-refractivity contribution is 14.0. The Labute approximate surface area is 161 Å². The first-order chi connectivity index (χ1) is 10.7. The van der Waals surface area contributed by atoms with E-state index in [-0.39, 0.29) is 24.0 Å². The largest absolute Gasteiger partial charge is 0.356 e. The van der Waals surface area contributed by atoms with Gasteiger partial charge in [-0.1, -0.05) is 19.3 Å². The van der Waals surface area contributed by atoms with Crippen LogP contribution in [0.3, 0.4) is 0 Å². The Morgan fingerprint density at radius 2 is 2.13 bits per heavy atom. The van der Waals surface area contributed by atoms with E-state index in [0.29, 0.717) is 5.41 Å². The minimum atomic E-state index is 0. The molecule has 1 aliphatic carbocycles. The van der Waals surface area contributed by atoms with Gasteiger partial charge in [-0.25, -0.2) is 4.98 Å². The van der Waals surface area contributed by atoms with E-state index in [0.717, 1.165) is 30.5 Å². The zero-order valence-corrected chi connectivity index (χ0v) is 17.5. The monoisotopic (exact) mass is 448 g/mol. The number of aliphatic imine (C=N–C) groups is 1. The summed E-state index contributed by atoms with van der Waals surface area (Å²) >= 11 is 1.73. The number of rotatable bonds is 3. The number of aromatic nitrogens is 1. The molecule has 1 spiro atoms. The molecule has 2 heterocycles. The number of aryl methyl sites for hydroxylation is 1. The van der Waals surface area contributed by atoms with Gasteiger partial charge >= 0.3 is 0 Å². The van der Waals surface area contributed by atoms with Crippen molar-refractivity contribution in [1.82, 2.24) is 15.2 Å². The van der Waals surface area contributed by atoms with Gasteiger partial charge in [0.1, 0.15) is 0 Å².